The summed E-state index contributed by atoms with van der Waals surface area (Å²) in [5, 5.41) is 8.59. The lowest BCUT2D eigenvalue weighted by Gasteiger charge is -2.29. The molecule has 1 N–H and O–H groups in total. The van der Waals surface area contributed by atoms with Gasteiger partial charge in [-0.1, -0.05) is 6.07 Å². The molecule has 1 aliphatic rings. The van der Waals surface area contributed by atoms with E-state index in [9.17, 15) is 9.59 Å². The average molecular weight is 265 g/mol. The number of amides is 1. The second-order valence-electron chi connectivity index (χ2n) is 4.35. The van der Waals surface area contributed by atoms with Crippen LogP contribution in [0.25, 0.3) is 0 Å². The van der Waals surface area contributed by atoms with Gasteiger partial charge in [-0.3, -0.25) is 9.59 Å². The van der Waals surface area contributed by atoms with Crippen molar-refractivity contribution in [1.82, 2.24) is 0 Å². The summed E-state index contributed by atoms with van der Waals surface area (Å²) >= 11 is 1.53. The molecule has 1 heterocycles. The molecular formula is C13H15NO3S. The SMILES string of the molecule is CC1Sc2cc(CCC(=O)O)ccc2N(C)C1=O. The van der Waals surface area contributed by atoms with Gasteiger partial charge in [0.05, 0.1) is 10.9 Å². The zero-order valence-corrected chi connectivity index (χ0v) is 11.2. The smallest absolute Gasteiger partial charge is 0.303 e. The Balaban J connectivity index is 2.24. The Labute approximate surface area is 110 Å². The molecule has 96 valence electrons. The maximum Gasteiger partial charge on any atom is 0.303 e. The number of carbonyl (C=O) groups excluding carboxylic acids is 1. The molecule has 0 aliphatic carbocycles. The molecule has 0 aromatic heterocycles. The fraction of sp³-hybridized carbons (Fsp3) is 0.385. The Kier molecular flexibility index (Phi) is 3.61. The molecule has 1 aliphatic heterocycles. The summed E-state index contributed by atoms with van der Waals surface area (Å²) in [6, 6.07) is 5.77. The number of hydrogen-bond donors (Lipinski definition) is 1. The van der Waals surface area contributed by atoms with Gasteiger partial charge in [0.15, 0.2) is 0 Å². The van der Waals surface area contributed by atoms with Gasteiger partial charge in [0.2, 0.25) is 5.91 Å². The maximum absolute atomic E-state index is 11.8. The largest absolute Gasteiger partial charge is 0.481 e. The summed E-state index contributed by atoms with van der Waals surface area (Å²) in [6.07, 6.45) is 0.656. The van der Waals surface area contributed by atoms with Gasteiger partial charge in [-0.25, -0.2) is 0 Å². The first-order valence-electron chi connectivity index (χ1n) is 5.78. The average Bonchev–Trinajstić information content (AvgIpc) is 2.33. The Morgan fingerprint density at radius 1 is 1.50 bits per heavy atom. The molecule has 0 radical (unpaired) electrons. The summed E-state index contributed by atoms with van der Waals surface area (Å²) in [7, 11) is 1.77. The molecule has 0 saturated carbocycles. The van der Waals surface area contributed by atoms with E-state index in [0.717, 1.165) is 16.1 Å². The zero-order chi connectivity index (χ0) is 13.3. The molecule has 1 amide bonds. The van der Waals surface area contributed by atoms with Crippen LogP contribution in [-0.2, 0) is 16.0 Å². The topological polar surface area (TPSA) is 57.6 Å². The highest BCUT2D eigenvalue weighted by Crippen LogP contribution is 2.38. The standard InChI is InChI=1S/C13H15NO3S/c1-8-13(17)14(2)10-5-3-9(4-6-12(15)16)7-11(10)18-8/h3,5,7-8H,4,6H2,1-2H3,(H,15,16). The summed E-state index contributed by atoms with van der Waals surface area (Å²) in [5.41, 5.74) is 1.90. The monoisotopic (exact) mass is 265 g/mol. The fourth-order valence-electron chi connectivity index (χ4n) is 1.97. The molecule has 18 heavy (non-hydrogen) atoms. The van der Waals surface area contributed by atoms with E-state index in [1.807, 2.05) is 25.1 Å². The summed E-state index contributed by atoms with van der Waals surface area (Å²) in [6.45, 7) is 1.89. The number of benzene rings is 1. The van der Waals surface area contributed by atoms with Crippen LogP contribution in [0, 0.1) is 0 Å². The van der Waals surface area contributed by atoms with Crippen LogP contribution in [0.1, 0.15) is 18.9 Å². The second-order valence-corrected chi connectivity index (χ2v) is 5.74. The minimum Gasteiger partial charge on any atom is -0.481 e. The Morgan fingerprint density at radius 2 is 2.22 bits per heavy atom. The summed E-state index contributed by atoms with van der Waals surface area (Å²) in [4.78, 5) is 25.1. The normalized spacial score (nSPS) is 18.7. The highest BCUT2D eigenvalue weighted by Gasteiger charge is 2.27. The minimum atomic E-state index is -0.791. The van der Waals surface area contributed by atoms with Gasteiger partial charge in [-0.15, -0.1) is 11.8 Å². The van der Waals surface area contributed by atoms with Crippen molar-refractivity contribution in [1.29, 1.82) is 0 Å². The quantitative estimate of drug-likeness (QED) is 0.910. The number of aryl methyl sites for hydroxylation is 1. The van der Waals surface area contributed by atoms with E-state index >= 15 is 0 Å². The van der Waals surface area contributed by atoms with Gasteiger partial charge in [0.25, 0.3) is 0 Å². The Hall–Kier alpha value is -1.49. The molecule has 5 heteroatoms. The second kappa shape index (κ2) is 5.02. The van der Waals surface area contributed by atoms with Crippen molar-refractivity contribution in [3.05, 3.63) is 23.8 Å². The number of anilines is 1. The van der Waals surface area contributed by atoms with Crippen molar-refractivity contribution in [2.45, 2.75) is 29.9 Å². The van der Waals surface area contributed by atoms with Crippen molar-refractivity contribution in [3.8, 4) is 0 Å². The van der Waals surface area contributed by atoms with E-state index in [2.05, 4.69) is 0 Å². The lowest BCUT2D eigenvalue weighted by atomic mass is 10.1. The van der Waals surface area contributed by atoms with Crippen LogP contribution in [0.4, 0.5) is 5.69 Å². The number of carbonyl (C=O) groups is 2. The van der Waals surface area contributed by atoms with E-state index in [1.165, 1.54) is 11.8 Å². The van der Waals surface area contributed by atoms with E-state index in [-0.39, 0.29) is 17.6 Å². The molecule has 1 aromatic carbocycles. The van der Waals surface area contributed by atoms with Crippen LogP contribution < -0.4 is 4.90 Å². The first kappa shape index (κ1) is 13.0. The number of aliphatic carboxylic acids is 1. The summed E-state index contributed by atoms with van der Waals surface area (Å²) in [5.74, 6) is -0.688. The number of thioether (sulfide) groups is 1. The van der Waals surface area contributed by atoms with Crippen molar-refractivity contribution in [3.63, 3.8) is 0 Å². The zero-order valence-electron chi connectivity index (χ0n) is 10.3. The van der Waals surface area contributed by atoms with E-state index < -0.39 is 5.97 Å². The Morgan fingerprint density at radius 3 is 2.89 bits per heavy atom. The first-order chi connectivity index (χ1) is 8.49. The summed E-state index contributed by atoms with van der Waals surface area (Å²) < 4.78 is 0. The van der Waals surface area contributed by atoms with Gasteiger partial charge >= 0.3 is 5.97 Å². The number of fused-ring (bicyclic) bond motifs is 1. The predicted molar refractivity (Wildman–Crippen MR) is 71.1 cm³/mol. The molecule has 1 atom stereocenters. The van der Waals surface area contributed by atoms with Crippen molar-refractivity contribution < 1.29 is 14.7 Å². The van der Waals surface area contributed by atoms with Crippen LogP contribution in [0.5, 0.6) is 0 Å². The van der Waals surface area contributed by atoms with Crippen molar-refractivity contribution in [2.24, 2.45) is 0 Å². The molecular weight excluding hydrogens is 250 g/mol. The third kappa shape index (κ3) is 2.51. The van der Waals surface area contributed by atoms with Crippen LogP contribution >= 0.6 is 11.8 Å². The number of hydrogen-bond acceptors (Lipinski definition) is 3. The third-order valence-corrected chi connectivity index (χ3v) is 4.13. The molecule has 0 bridgehead atoms. The van der Waals surface area contributed by atoms with Gasteiger partial charge in [0, 0.05) is 18.4 Å². The van der Waals surface area contributed by atoms with Crippen LogP contribution in [0.15, 0.2) is 23.1 Å². The molecule has 1 aromatic rings. The number of carboxylic acids is 1. The molecule has 1 unspecified atom stereocenters. The van der Waals surface area contributed by atoms with Gasteiger partial charge in [-0.05, 0) is 31.0 Å². The van der Waals surface area contributed by atoms with E-state index in [4.69, 9.17) is 5.11 Å². The molecule has 0 saturated heterocycles. The molecule has 4 nitrogen and oxygen atoms in total. The van der Waals surface area contributed by atoms with Gasteiger partial charge < -0.3 is 10.0 Å². The number of carboxylic acid groups (broad SMARTS) is 1. The van der Waals surface area contributed by atoms with Crippen molar-refractivity contribution in [2.75, 3.05) is 11.9 Å². The van der Waals surface area contributed by atoms with Crippen LogP contribution in [-0.4, -0.2) is 29.3 Å². The molecule has 0 spiro atoms. The Bertz CT molecular complexity index is 501. The number of rotatable bonds is 3. The van der Waals surface area contributed by atoms with Crippen molar-refractivity contribution >= 4 is 29.3 Å². The predicted octanol–water partition coefficient (Wildman–Crippen LogP) is 2.16. The lowest BCUT2D eigenvalue weighted by molar-refractivity contribution is -0.137. The lowest BCUT2D eigenvalue weighted by Crippen LogP contribution is -2.36. The molecule has 0 fully saturated rings. The fourth-order valence-corrected chi connectivity index (χ4v) is 3.15. The van der Waals surface area contributed by atoms with Gasteiger partial charge in [0.1, 0.15) is 0 Å². The minimum absolute atomic E-state index is 0.0859. The highest BCUT2D eigenvalue weighted by atomic mass is 32.2. The van der Waals surface area contributed by atoms with Gasteiger partial charge in [-0.2, -0.15) is 0 Å². The highest BCUT2D eigenvalue weighted by molar-refractivity contribution is 8.00. The van der Waals surface area contributed by atoms with Crippen LogP contribution in [0.2, 0.25) is 0 Å². The van der Waals surface area contributed by atoms with E-state index in [1.54, 1.807) is 11.9 Å². The van der Waals surface area contributed by atoms with Crippen LogP contribution in [0.3, 0.4) is 0 Å². The maximum atomic E-state index is 11.8. The first-order valence-corrected chi connectivity index (χ1v) is 6.66. The van der Waals surface area contributed by atoms with E-state index in [0.29, 0.717) is 6.42 Å². The molecule has 2 rings (SSSR count). The number of nitrogens with zero attached hydrogens (tertiary/aromatic N) is 1. The third-order valence-electron chi connectivity index (χ3n) is 3.00.